The fourth-order valence-corrected chi connectivity index (χ4v) is 3.05. The second kappa shape index (κ2) is 8.45. The first-order valence-electron chi connectivity index (χ1n) is 9.20. The molecule has 2 aromatic rings. The van der Waals surface area contributed by atoms with E-state index in [1.165, 1.54) is 0 Å². The van der Waals surface area contributed by atoms with Crippen molar-refractivity contribution in [2.24, 2.45) is 11.1 Å². The van der Waals surface area contributed by atoms with Gasteiger partial charge in [0.1, 0.15) is 5.65 Å². The molecule has 1 atom stereocenters. The molecular weight excluding hydrogens is 330 g/mol. The number of nitrogens with two attached hydrogens (primary N) is 1. The first kappa shape index (κ1) is 20.1. The molecule has 0 saturated heterocycles. The third-order valence-corrected chi connectivity index (χ3v) is 4.90. The lowest BCUT2D eigenvalue weighted by Crippen LogP contribution is -2.23. The fraction of sp³-hybridized carbons (Fsp3) is 0.550. The summed E-state index contributed by atoms with van der Waals surface area (Å²) in [5.41, 5.74) is 7.49. The molecule has 0 bridgehead atoms. The first-order chi connectivity index (χ1) is 12.3. The molecule has 0 fully saturated rings. The zero-order valence-electron chi connectivity index (χ0n) is 15.9. The zero-order valence-corrected chi connectivity index (χ0v) is 15.9. The van der Waals surface area contributed by atoms with Crippen LogP contribution in [0.4, 0.5) is 0 Å². The molecule has 2 aromatic heterocycles. The van der Waals surface area contributed by atoms with Crippen LogP contribution in [-0.2, 0) is 11.3 Å². The van der Waals surface area contributed by atoms with E-state index in [0.29, 0.717) is 12.1 Å². The van der Waals surface area contributed by atoms with Gasteiger partial charge in [-0.25, -0.2) is 4.98 Å². The largest absolute Gasteiger partial charge is 0.481 e. The zero-order chi connectivity index (χ0) is 19.3. The number of pyridine rings is 1. The highest BCUT2D eigenvalue weighted by Crippen LogP contribution is 2.24. The van der Waals surface area contributed by atoms with E-state index in [1.807, 2.05) is 29.7 Å². The summed E-state index contributed by atoms with van der Waals surface area (Å²) in [5, 5.41) is 10.1. The predicted molar refractivity (Wildman–Crippen MR) is 102 cm³/mol. The molecular formula is C20H29N3O3. The maximum atomic E-state index is 11.4. The van der Waals surface area contributed by atoms with Gasteiger partial charge in [0.25, 0.3) is 0 Å². The van der Waals surface area contributed by atoms with Crippen molar-refractivity contribution in [3.8, 4) is 0 Å². The number of rotatable bonds is 10. The molecule has 2 rings (SSSR count). The Morgan fingerprint density at radius 1 is 1.31 bits per heavy atom. The fourth-order valence-electron chi connectivity index (χ4n) is 3.05. The van der Waals surface area contributed by atoms with Crippen LogP contribution in [0.2, 0.25) is 0 Å². The maximum Gasteiger partial charge on any atom is 0.309 e. The quantitative estimate of drug-likeness (QED) is 0.495. The van der Waals surface area contributed by atoms with Crippen molar-refractivity contribution in [2.45, 2.75) is 65.5 Å². The summed E-state index contributed by atoms with van der Waals surface area (Å²) < 4.78 is 1.95. The lowest BCUT2D eigenvalue weighted by molar-refractivity contribution is -0.147. The number of aromatic nitrogens is 2. The third-order valence-electron chi connectivity index (χ3n) is 4.90. The summed E-state index contributed by atoms with van der Waals surface area (Å²) in [7, 11) is 0. The summed E-state index contributed by atoms with van der Waals surface area (Å²) in [6.45, 7) is 6.13. The molecule has 6 heteroatoms. The Bertz CT molecular complexity index is 778. The van der Waals surface area contributed by atoms with Crippen LogP contribution < -0.4 is 5.73 Å². The summed E-state index contributed by atoms with van der Waals surface area (Å²) in [4.78, 5) is 27.1. The molecule has 0 radical (unpaired) electrons. The molecule has 0 saturated carbocycles. The van der Waals surface area contributed by atoms with E-state index in [2.05, 4.69) is 4.98 Å². The number of aryl methyl sites for hydroxylation is 1. The standard InChI is InChI=1S/C20H29N3O3/c1-14(21)17-9-8-15-12-16(13-24)23(18(15)22-17)11-7-5-4-6-10-20(2,3)19(25)26/h8-9,12-14H,4-7,10-11,21H2,1-3H3,(H,25,26)/t14-/m1/s1. The third kappa shape index (κ3) is 4.69. The number of fused-ring (bicyclic) bond motifs is 1. The molecule has 26 heavy (non-hydrogen) atoms. The van der Waals surface area contributed by atoms with Crippen molar-refractivity contribution in [1.82, 2.24) is 9.55 Å². The van der Waals surface area contributed by atoms with E-state index >= 15 is 0 Å². The molecule has 0 aliphatic rings. The minimum atomic E-state index is -0.747. The molecule has 2 heterocycles. The lowest BCUT2D eigenvalue weighted by Gasteiger charge is -2.18. The van der Waals surface area contributed by atoms with E-state index in [9.17, 15) is 9.59 Å². The number of hydrogen-bond acceptors (Lipinski definition) is 4. The van der Waals surface area contributed by atoms with Gasteiger partial charge in [-0.2, -0.15) is 0 Å². The highest BCUT2D eigenvalue weighted by molar-refractivity contribution is 5.86. The molecule has 0 aromatic carbocycles. The summed E-state index contributed by atoms with van der Waals surface area (Å²) >= 11 is 0. The Labute approximate surface area is 154 Å². The molecule has 0 unspecified atom stereocenters. The number of carboxylic acid groups (broad SMARTS) is 1. The van der Waals surface area contributed by atoms with Crippen molar-refractivity contribution in [2.75, 3.05) is 0 Å². The molecule has 0 aliphatic carbocycles. The Morgan fingerprint density at radius 2 is 2.00 bits per heavy atom. The maximum absolute atomic E-state index is 11.4. The molecule has 0 aliphatic heterocycles. The van der Waals surface area contributed by atoms with Crippen molar-refractivity contribution >= 4 is 23.3 Å². The van der Waals surface area contributed by atoms with Crippen LogP contribution >= 0.6 is 0 Å². The van der Waals surface area contributed by atoms with Gasteiger partial charge >= 0.3 is 5.97 Å². The molecule has 3 N–H and O–H groups in total. The average Bonchev–Trinajstić information content (AvgIpc) is 2.94. The number of carboxylic acids is 1. The van der Waals surface area contributed by atoms with E-state index in [0.717, 1.165) is 55.2 Å². The van der Waals surface area contributed by atoms with Crippen LogP contribution in [0, 0.1) is 5.41 Å². The number of carbonyl (C=O) groups is 2. The van der Waals surface area contributed by atoms with Crippen LogP contribution in [0.1, 0.15) is 75.1 Å². The van der Waals surface area contributed by atoms with Gasteiger partial charge in [0.05, 0.1) is 16.8 Å². The smallest absolute Gasteiger partial charge is 0.309 e. The second-order valence-corrected chi connectivity index (χ2v) is 7.63. The minimum absolute atomic E-state index is 0.153. The molecule has 0 amide bonds. The number of hydrogen-bond donors (Lipinski definition) is 2. The van der Waals surface area contributed by atoms with Gasteiger partial charge in [-0.1, -0.05) is 19.3 Å². The number of aliphatic carboxylic acids is 1. The van der Waals surface area contributed by atoms with Crippen molar-refractivity contribution < 1.29 is 14.7 Å². The van der Waals surface area contributed by atoms with E-state index in [-0.39, 0.29) is 6.04 Å². The summed E-state index contributed by atoms with van der Waals surface area (Å²) in [6, 6.07) is 5.56. The van der Waals surface area contributed by atoms with Gasteiger partial charge in [0, 0.05) is 18.0 Å². The van der Waals surface area contributed by atoms with Gasteiger partial charge < -0.3 is 15.4 Å². The van der Waals surface area contributed by atoms with Crippen molar-refractivity contribution in [1.29, 1.82) is 0 Å². The number of carbonyl (C=O) groups excluding carboxylic acids is 1. The SMILES string of the molecule is C[C@@H](N)c1ccc2cc(C=O)n(CCCCCCC(C)(C)C(=O)O)c2n1. The van der Waals surface area contributed by atoms with Gasteiger partial charge in [0.2, 0.25) is 0 Å². The minimum Gasteiger partial charge on any atom is -0.481 e. The average molecular weight is 359 g/mol. The van der Waals surface area contributed by atoms with Crippen LogP contribution in [0.5, 0.6) is 0 Å². The Hall–Kier alpha value is -2.21. The highest BCUT2D eigenvalue weighted by atomic mass is 16.4. The molecule has 142 valence electrons. The van der Waals surface area contributed by atoms with E-state index in [1.54, 1.807) is 13.8 Å². The first-order valence-corrected chi connectivity index (χ1v) is 9.20. The number of nitrogens with zero attached hydrogens (tertiary/aromatic N) is 2. The Balaban J connectivity index is 1.96. The summed E-state index contributed by atoms with van der Waals surface area (Å²) in [5.74, 6) is -0.747. The van der Waals surface area contributed by atoms with Crippen LogP contribution in [0.15, 0.2) is 18.2 Å². The van der Waals surface area contributed by atoms with Crippen LogP contribution in [-0.4, -0.2) is 26.9 Å². The number of unbranched alkanes of at least 4 members (excludes halogenated alkanes) is 3. The topological polar surface area (TPSA) is 98.2 Å². The van der Waals surface area contributed by atoms with Crippen LogP contribution in [0.3, 0.4) is 0 Å². The van der Waals surface area contributed by atoms with E-state index in [4.69, 9.17) is 10.8 Å². The normalized spacial score (nSPS) is 13.1. The molecule has 6 nitrogen and oxygen atoms in total. The number of aldehydes is 1. The highest BCUT2D eigenvalue weighted by Gasteiger charge is 2.25. The van der Waals surface area contributed by atoms with Gasteiger partial charge in [0.15, 0.2) is 6.29 Å². The Morgan fingerprint density at radius 3 is 2.62 bits per heavy atom. The lowest BCUT2D eigenvalue weighted by atomic mass is 9.87. The van der Waals surface area contributed by atoms with Gasteiger partial charge in [-0.3, -0.25) is 9.59 Å². The van der Waals surface area contributed by atoms with Gasteiger partial charge in [-0.15, -0.1) is 0 Å². The molecule has 0 spiro atoms. The van der Waals surface area contributed by atoms with Crippen molar-refractivity contribution in [3.05, 3.63) is 29.6 Å². The Kier molecular flexibility index (Phi) is 6.53. The monoisotopic (exact) mass is 359 g/mol. The van der Waals surface area contributed by atoms with Crippen LogP contribution in [0.25, 0.3) is 11.0 Å². The van der Waals surface area contributed by atoms with E-state index < -0.39 is 11.4 Å². The van der Waals surface area contributed by atoms with Gasteiger partial charge in [-0.05, 0) is 51.8 Å². The summed E-state index contributed by atoms with van der Waals surface area (Å²) in [6.07, 6.45) is 5.31. The second-order valence-electron chi connectivity index (χ2n) is 7.63. The predicted octanol–water partition coefficient (Wildman–Crippen LogP) is 3.93. The van der Waals surface area contributed by atoms with Crippen molar-refractivity contribution in [3.63, 3.8) is 0 Å².